The van der Waals surface area contributed by atoms with Gasteiger partial charge in [0.2, 0.25) is 0 Å². The van der Waals surface area contributed by atoms with Gasteiger partial charge in [0, 0.05) is 5.92 Å². The topological polar surface area (TPSA) is 68.0 Å². The fourth-order valence-electron chi connectivity index (χ4n) is 9.43. The van der Waals surface area contributed by atoms with Crippen molar-refractivity contribution in [1.29, 1.82) is 0 Å². The molecule has 1 N–H and O–H groups in total. The first-order valence-corrected chi connectivity index (χ1v) is 13.8. The molecule has 0 aliphatic heterocycles. The molecule has 1 heterocycles. The molecule has 0 bridgehead atoms. The lowest BCUT2D eigenvalue weighted by Gasteiger charge is -2.61. The van der Waals surface area contributed by atoms with Crippen molar-refractivity contribution < 1.29 is 14.3 Å². The molecule has 4 fully saturated rings. The van der Waals surface area contributed by atoms with Gasteiger partial charge in [0.05, 0.1) is 5.60 Å². The van der Waals surface area contributed by atoms with Gasteiger partial charge in [-0.25, -0.2) is 4.39 Å². The monoisotopic (exact) mass is 481 g/mol. The average molecular weight is 482 g/mol. The molecule has 6 heteroatoms. The lowest BCUT2D eigenvalue weighted by molar-refractivity contribution is -0.151. The van der Waals surface area contributed by atoms with Crippen molar-refractivity contribution in [3.05, 3.63) is 23.5 Å². The Kier molecular flexibility index (Phi) is 5.28. The molecule has 4 aliphatic rings. The minimum absolute atomic E-state index is 0.0340. The van der Waals surface area contributed by atoms with E-state index in [-0.39, 0.29) is 35.0 Å². The zero-order chi connectivity index (χ0) is 24.8. The molecule has 0 amide bonds. The van der Waals surface area contributed by atoms with Crippen LogP contribution in [0.2, 0.25) is 0 Å². The van der Waals surface area contributed by atoms with E-state index in [4.69, 9.17) is 0 Å². The molecule has 6 rings (SSSR count). The van der Waals surface area contributed by atoms with Crippen LogP contribution in [0, 0.1) is 53.2 Å². The van der Waals surface area contributed by atoms with E-state index in [1.165, 1.54) is 30.1 Å². The molecule has 190 valence electrons. The van der Waals surface area contributed by atoms with Gasteiger partial charge in [0.15, 0.2) is 11.6 Å². The number of aryl methyl sites for hydroxylation is 1. The van der Waals surface area contributed by atoms with Gasteiger partial charge in [-0.05, 0) is 124 Å². The highest BCUT2D eigenvalue weighted by atomic mass is 19.1. The van der Waals surface area contributed by atoms with E-state index in [2.05, 4.69) is 24.0 Å². The number of Topliss-reactive ketones (excluding diaryl/α,β-unsaturated/α-hetero) is 1. The second kappa shape index (κ2) is 7.84. The van der Waals surface area contributed by atoms with Crippen LogP contribution in [-0.2, 0) is 11.3 Å². The molecule has 35 heavy (non-hydrogen) atoms. The molecule has 5 nitrogen and oxygen atoms in total. The molecule has 0 unspecified atom stereocenters. The molecule has 4 saturated carbocycles. The van der Waals surface area contributed by atoms with Crippen molar-refractivity contribution >= 4 is 16.8 Å². The minimum Gasteiger partial charge on any atom is -0.390 e. The lowest BCUT2D eigenvalue weighted by Crippen LogP contribution is -2.55. The van der Waals surface area contributed by atoms with E-state index in [0.29, 0.717) is 34.6 Å². The lowest BCUT2D eigenvalue weighted by atomic mass is 9.44. The number of ketones is 1. The summed E-state index contributed by atoms with van der Waals surface area (Å²) in [7, 11) is 0. The SMILES string of the molecule is Cc1cc(F)c2nn(CC(=O)[C@H]3CC[C@H]4[C@@H]5CC[C@H]6C[C@](C)(O)CC[C@]6(C)[C@H]5CC[C@]34C)nc2c1. The second-order valence-corrected chi connectivity index (χ2v) is 13.3. The molecule has 0 spiro atoms. The van der Waals surface area contributed by atoms with Gasteiger partial charge in [0.1, 0.15) is 17.6 Å². The number of hydrogen-bond acceptors (Lipinski definition) is 4. The second-order valence-electron chi connectivity index (χ2n) is 13.3. The third kappa shape index (κ3) is 3.60. The van der Waals surface area contributed by atoms with Crippen LogP contribution in [0.4, 0.5) is 4.39 Å². The van der Waals surface area contributed by atoms with E-state index in [1.807, 2.05) is 19.9 Å². The molecular weight excluding hydrogens is 441 g/mol. The highest BCUT2D eigenvalue weighted by molar-refractivity contribution is 5.82. The zero-order valence-electron chi connectivity index (χ0n) is 21.7. The summed E-state index contributed by atoms with van der Waals surface area (Å²) < 4.78 is 14.3. The Labute approximate surface area is 207 Å². The Bertz CT molecular complexity index is 1170. The molecule has 4 aliphatic carbocycles. The van der Waals surface area contributed by atoms with Gasteiger partial charge in [-0.1, -0.05) is 13.8 Å². The average Bonchev–Trinajstić information content (AvgIpc) is 3.34. The summed E-state index contributed by atoms with van der Waals surface area (Å²) in [5.74, 6) is 2.50. The van der Waals surface area contributed by atoms with Gasteiger partial charge in [0.25, 0.3) is 0 Å². The van der Waals surface area contributed by atoms with Gasteiger partial charge >= 0.3 is 0 Å². The van der Waals surface area contributed by atoms with Crippen LogP contribution in [0.3, 0.4) is 0 Å². The number of carbonyl (C=O) groups excluding carboxylic acids is 1. The number of carbonyl (C=O) groups is 1. The maximum atomic E-state index is 14.3. The van der Waals surface area contributed by atoms with Gasteiger partial charge in [-0.3, -0.25) is 4.79 Å². The van der Waals surface area contributed by atoms with E-state index >= 15 is 0 Å². The number of fused-ring (bicyclic) bond motifs is 6. The van der Waals surface area contributed by atoms with Gasteiger partial charge in [-0.15, -0.1) is 5.10 Å². The van der Waals surface area contributed by atoms with Crippen molar-refractivity contribution in [1.82, 2.24) is 15.0 Å². The minimum atomic E-state index is -0.502. The normalized spacial score (nSPS) is 43.0. The predicted octanol–water partition coefficient (Wildman–Crippen LogP) is 5.86. The summed E-state index contributed by atoms with van der Waals surface area (Å²) >= 11 is 0. The number of halogens is 1. The third-order valence-electron chi connectivity index (χ3n) is 11.3. The maximum absolute atomic E-state index is 14.3. The Morgan fingerprint density at radius 1 is 1.03 bits per heavy atom. The van der Waals surface area contributed by atoms with Crippen LogP contribution < -0.4 is 0 Å². The number of benzene rings is 1. The first-order valence-electron chi connectivity index (χ1n) is 13.8. The van der Waals surface area contributed by atoms with Crippen molar-refractivity contribution in [2.24, 2.45) is 40.4 Å². The van der Waals surface area contributed by atoms with Crippen LogP contribution in [0.5, 0.6) is 0 Å². The molecule has 1 aromatic carbocycles. The zero-order valence-corrected chi connectivity index (χ0v) is 21.7. The van der Waals surface area contributed by atoms with Crippen LogP contribution in [0.15, 0.2) is 12.1 Å². The number of hydrogen-bond donors (Lipinski definition) is 1. The number of aromatic nitrogens is 3. The Balaban J connectivity index is 1.21. The van der Waals surface area contributed by atoms with Crippen LogP contribution >= 0.6 is 0 Å². The summed E-state index contributed by atoms with van der Waals surface area (Å²) in [6.07, 6.45) is 9.84. The van der Waals surface area contributed by atoms with Crippen LogP contribution in [0.1, 0.15) is 84.1 Å². The first kappa shape index (κ1) is 23.6. The largest absolute Gasteiger partial charge is 0.390 e. The van der Waals surface area contributed by atoms with E-state index < -0.39 is 5.60 Å². The van der Waals surface area contributed by atoms with Crippen LogP contribution in [-0.4, -0.2) is 31.5 Å². The standard InChI is InChI=1S/C29H40FN3O2/c1-17-13-23(30)26-24(14-17)31-33(32-26)16-25(34)22-8-7-20-19-6-5-18-15-27(2,35)11-12-28(18,3)21(19)9-10-29(20,22)4/h13-14,18-22,35H,5-12,15-16H2,1-4H3/t18-,19-,20-,21-,22+,27+,28-,29-/m0/s1. The number of rotatable bonds is 3. The summed E-state index contributed by atoms with van der Waals surface area (Å²) in [5.41, 5.74) is 1.43. The molecule has 0 saturated heterocycles. The van der Waals surface area contributed by atoms with E-state index in [0.717, 1.165) is 44.1 Å². The Morgan fingerprint density at radius 3 is 2.60 bits per heavy atom. The highest BCUT2D eigenvalue weighted by Gasteiger charge is 2.61. The molecular formula is C29H40FN3O2. The van der Waals surface area contributed by atoms with Crippen molar-refractivity contribution in [3.63, 3.8) is 0 Å². The highest BCUT2D eigenvalue weighted by Crippen LogP contribution is 2.68. The third-order valence-corrected chi connectivity index (χ3v) is 11.3. The van der Waals surface area contributed by atoms with Crippen molar-refractivity contribution in [2.75, 3.05) is 0 Å². The first-order chi connectivity index (χ1) is 16.5. The van der Waals surface area contributed by atoms with Crippen molar-refractivity contribution in [3.8, 4) is 0 Å². The summed E-state index contributed by atoms with van der Waals surface area (Å²) in [5, 5.41) is 19.5. The maximum Gasteiger partial charge on any atom is 0.159 e. The predicted molar refractivity (Wildman–Crippen MR) is 133 cm³/mol. The van der Waals surface area contributed by atoms with Crippen LogP contribution in [0.25, 0.3) is 11.0 Å². The fourth-order valence-corrected chi connectivity index (χ4v) is 9.43. The number of nitrogens with zero attached hydrogens (tertiary/aromatic N) is 3. The molecule has 2 aromatic rings. The summed E-state index contributed by atoms with van der Waals surface area (Å²) in [4.78, 5) is 15.0. The fraction of sp³-hybridized carbons (Fsp3) is 0.759. The Hall–Kier alpha value is -1.82. The molecule has 1 aromatic heterocycles. The Morgan fingerprint density at radius 2 is 1.80 bits per heavy atom. The van der Waals surface area contributed by atoms with Gasteiger partial charge in [-0.2, -0.15) is 9.90 Å². The smallest absolute Gasteiger partial charge is 0.159 e. The summed E-state index contributed by atoms with van der Waals surface area (Å²) in [6.45, 7) is 8.88. The van der Waals surface area contributed by atoms with Crippen molar-refractivity contribution in [2.45, 2.75) is 97.6 Å². The molecule has 8 atom stereocenters. The molecule has 0 radical (unpaired) electrons. The van der Waals surface area contributed by atoms with E-state index in [1.54, 1.807) is 0 Å². The van der Waals surface area contributed by atoms with Gasteiger partial charge < -0.3 is 5.11 Å². The quantitative estimate of drug-likeness (QED) is 0.596. The number of aliphatic hydroxyl groups is 1. The summed E-state index contributed by atoms with van der Waals surface area (Å²) in [6, 6.07) is 3.29. The van der Waals surface area contributed by atoms with E-state index in [9.17, 15) is 14.3 Å².